The summed E-state index contributed by atoms with van der Waals surface area (Å²) in [6.45, 7) is 0.146. The lowest BCUT2D eigenvalue weighted by molar-refractivity contribution is -0.143. The number of carboxylic acids is 1. The van der Waals surface area contributed by atoms with Crippen LogP contribution in [0.15, 0.2) is 24.3 Å². The molecule has 1 aliphatic carbocycles. The largest absolute Gasteiger partial charge is 0.481 e. The van der Waals surface area contributed by atoms with E-state index >= 15 is 0 Å². The van der Waals surface area contributed by atoms with E-state index in [1.54, 1.807) is 24.3 Å². The zero-order chi connectivity index (χ0) is 14.9. The number of hydrogen-bond donors (Lipinski definition) is 3. The van der Waals surface area contributed by atoms with Crippen molar-refractivity contribution in [1.29, 1.82) is 0 Å². The van der Waals surface area contributed by atoms with Crippen molar-refractivity contribution in [2.75, 3.05) is 6.54 Å². The molecule has 21 heavy (non-hydrogen) atoms. The minimum absolute atomic E-state index is 0.146. The molecule has 0 atom stereocenters. The first kappa shape index (κ1) is 13.2. The van der Waals surface area contributed by atoms with E-state index in [4.69, 9.17) is 5.11 Å². The average Bonchev–Trinajstić information content (AvgIpc) is 3.09. The summed E-state index contributed by atoms with van der Waals surface area (Å²) in [4.78, 5) is 23.2. The van der Waals surface area contributed by atoms with E-state index < -0.39 is 11.4 Å². The number of H-pyrrole nitrogens is 1. The average molecular weight is 287 g/mol. The Hall–Kier alpha value is -2.77. The van der Waals surface area contributed by atoms with E-state index in [9.17, 15) is 9.59 Å². The van der Waals surface area contributed by atoms with Crippen LogP contribution in [-0.4, -0.2) is 44.2 Å². The smallest absolute Gasteiger partial charge is 0.311 e. The number of carbonyl (C=O) groups is 2. The van der Waals surface area contributed by atoms with E-state index in [-0.39, 0.29) is 12.5 Å². The van der Waals surface area contributed by atoms with Gasteiger partial charge in [0.05, 0.1) is 5.41 Å². The van der Waals surface area contributed by atoms with Crippen molar-refractivity contribution in [3.63, 3.8) is 0 Å². The zero-order valence-corrected chi connectivity index (χ0v) is 11.0. The van der Waals surface area contributed by atoms with E-state index in [1.165, 1.54) is 0 Å². The molecule has 2 aromatic rings. The molecule has 1 heterocycles. The summed E-state index contributed by atoms with van der Waals surface area (Å²) in [5, 5.41) is 25.3. The number of benzene rings is 1. The summed E-state index contributed by atoms with van der Waals surface area (Å²) in [6.07, 6.45) is 1.21. The van der Waals surface area contributed by atoms with Gasteiger partial charge in [0.2, 0.25) is 5.82 Å². The van der Waals surface area contributed by atoms with E-state index in [0.717, 1.165) is 0 Å². The maximum atomic E-state index is 12.1. The van der Waals surface area contributed by atoms with Crippen LogP contribution < -0.4 is 5.32 Å². The summed E-state index contributed by atoms with van der Waals surface area (Å²) < 4.78 is 0. The summed E-state index contributed by atoms with van der Waals surface area (Å²) in [5.41, 5.74) is 0.315. The number of nitrogens with one attached hydrogen (secondary N) is 2. The molecule has 1 aromatic carbocycles. The van der Waals surface area contributed by atoms with Crippen molar-refractivity contribution in [1.82, 2.24) is 25.9 Å². The number of carbonyl (C=O) groups excluding carboxylic acids is 1. The molecule has 0 saturated heterocycles. The fraction of sp³-hybridized carbons (Fsp3) is 0.308. The molecule has 1 aromatic heterocycles. The standard InChI is InChI=1S/C13H13N5O3/c19-11(14-7-13(4-5-13)12(20)21)9-3-1-2-8(6-9)10-15-17-18-16-10/h1-3,6H,4-5,7H2,(H,14,19)(H,20,21)(H,15,16,17,18). The van der Waals surface area contributed by atoms with Crippen LogP contribution in [0.2, 0.25) is 0 Å². The summed E-state index contributed by atoms with van der Waals surface area (Å²) in [5.74, 6) is -0.773. The highest BCUT2D eigenvalue weighted by Gasteiger charge is 2.50. The SMILES string of the molecule is O=C(NCC1(C(=O)O)CC1)c1cccc(-c2nn[nH]n2)c1. The predicted octanol–water partition coefficient (Wildman–Crippen LogP) is 0.461. The Morgan fingerprint density at radius 2 is 2.19 bits per heavy atom. The van der Waals surface area contributed by atoms with Gasteiger partial charge in [0, 0.05) is 17.7 Å². The number of aliphatic carboxylic acids is 1. The molecule has 0 unspecified atom stereocenters. The normalized spacial score (nSPS) is 15.4. The van der Waals surface area contributed by atoms with Crippen molar-refractivity contribution in [2.45, 2.75) is 12.8 Å². The maximum Gasteiger partial charge on any atom is 0.311 e. The molecule has 1 saturated carbocycles. The second-order valence-electron chi connectivity index (χ2n) is 5.08. The monoisotopic (exact) mass is 287 g/mol. The Bertz CT molecular complexity index is 679. The lowest BCUT2D eigenvalue weighted by Gasteiger charge is -2.11. The van der Waals surface area contributed by atoms with Crippen LogP contribution in [0.25, 0.3) is 11.4 Å². The third-order valence-corrected chi connectivity index (χ3v) is 3.62. The quantitative estimate of drug-likeness (QED) is 0.734. The van der Waals surface area contributed by atoms with Gasteiger partial charge in [-0.05, 0) is 30.2 Å². The Morgan fingerprint density at radius 3 is 2.81 bits per heavy atom. The molecule has 1 fully saturated rings. The molecular formula is C13H13N5O3. The van der Waals surface area contributed by atoms with Gasteiger partial charge >= 0.3 is 5.97 Å². The first-order chi connectivity index (χ1) is 10.1. The van der Waals surface area contributed by atoms with E-state index in [0.29, 0.717) is 29.8 Å². The van der Waals surface area contributed by atoms with Crippen molar-refractivity contribution >= 4 is 11.9 Å². The minimum Gasteiger partial charge on any atom is -0.481 e. The highest BCUT2D eigenvalue weighted by molar-refractivity contribution is 5.95. The number of tetrazole rings is 1. The van der Waals surface area contributed by atoms with E-state index in [1.807, 2.05) is 0 Å². The minimum atomic E-state index is -0.858. The number of rotatable bonds is 5. The lowest BCUT2D eigenvalue weighted by Crippen LogP contribution is -2.34. The molecule has 1 aliphatic rings. The Balaban J connectivity index is 1.71. The summed E-state index contributed by atoms with van der Waals surface area (Å²) in [6, 6.07) is 6.77. The Morgan fingerprint density at radius 1 is 1.38 bits per heavy atom. The second-order valence-corrected chi connectivity index (χ2v) is 5.08. The molecule has 8 nitrogen and oxygen atoms in total. The lowest BCUT2D eigenvalue weighted by atomic mass is 10.1. The third-order valence-electron chi connectivity index (χ3n) is 3.62. The number of nitrogens with zero attached hydrogens (tertiary/aromatic N) is 3. The fourth-order valence-electron chi connectivity index (χ4n) is 2.05. The molecule has 0 radical (unpaired) electrons. The van der Waals surface area contributed by atoms with E-state index in [2.05, 4.69) is 25.9 Å². The van der Waals surface area contributed by atoms with Crippen molar-refractivity contribution in [3.05, 3.63) is 29.8 Å². The van der Waals surface area contributed by atoms with Gasteiger partial charge in [0.15, 0.2) is 0 Å². The Labute approximate surface area is 119 Å². The van der Waals surface area contributed by atoms with Crippen LogP contribution in [0.4, 0.5) is 0 Å². The Kier molecular flexibility index (Phi) is 3.13. The van der Waals surface area contributed by atoms with Gasteiger partial charge in [-0.3, -0.25) is 9.59 Å². The second kappa shape index (κ2) is 4.97. The van der Waals surface area contributed by atoms with Gasteiger partial charge < -0.3 is 10.4 Å². The van der Waals surface area contributed by atoms with Crippen LogP contribution in [-0.2, 0) is 4.79 Å². The predicted molar refractivity (Wildman–Crippen MR) is 71.2 cm³/mol. The highest BCUT2D eigenvalue weighted by atomic mass is 16.4. The van der Waals surface area contributed by atoms with Crippen LogP contribution >= 0.6 is 0 Å². The van der Waals surface area contributed by atoms with Crippen molar-refractivity contribution in [2.24, 2.45) is 5.41 Å². The number of aromatic amines is 1. The molecule has 108 valence electrons. The maximum absolute atomic E-state index is 12.1. The molecule has 8 heteroatoms. The first-order valence-electron chi connectivity index (χ1n) is 6.46. The molecule has 1 amide bonds. The van der Waals surface area contributed by atoms with Gasteiger partial charge in [0.1, 0.15) is 0 Å². The number of carboxylic acid groups (broad SMARTS) is 1. The van der Waals surface area contributed by atoms with Crippen molar-refractivity contribution in [3.8, 4) is 11.4 Å². The highest BCUT2D eigenvalue weighted by Crippen LogP contribution is 2.45. The molecule has 0 bridgehead atoms. The number of aromatic nitrogens is 4. The summed E-state index contributed by atoms with van der Waals surface area (Å²) >= 11 is 0. The van der Waals surface area contributed by atoms with Crippen LogP contribution in [0.3, 0.4) is 0 Å². The van der Waals surface area contributed by atoms with Crippen LogP contribution in [0, 0.1) is 5.41 Å². The number of amides is 1. The zero-order valence-electron chi connectivity index (χ0n) is 11.0. The first-order valence-corrected chi connectivity index (χ1v) is 6.46. The molecule has 0 spiro atoms. The van der Waals surface area contributed by atoms with Gasteiger partial charge in [-0.25, -0.2) is 0 Å². The van der Waals surface area contributed by atoms with Crippen LogP contribution in [0.1, 0.15) is 23.2 Å². The topological polar surface area (TPSA) is 121 Å². The van der Waals surface area contributed by atoms with Crippen molar-refractivity contribution < 1.29 is 14.7 Å². The molecule has 0 aliphatic heterocycles. The van der Waals surface area contributed by atoms with Crippen LogP contribution in [0.5, 0.6) is 0 Å². The molecule has 3 N–H and O–H groups in total. The van der Waals surface area contributed by atoms with Gasteiger partial charge in [-0.1, -0.05) is 12.1 Å². The van der Waals surface area contributed by atoms with Gasteiger partial charge in [-0.2, -0.15) is 5.21 Å². The van der Waals surface area contributed by atoms with Gasteiger partial charge in [-0.15, -0.1) is 10.2 Å². The summed E-state index contributed by atoms with van der Waals surface area (Å²) in [7, 11) is 0. The van der Waals surface area contributed by atoms with Gasteiger partial charge in [0.25, 0.3) is 5.91 Å². The number of hydrogen-bond acceptors (Lipinski definition) is 5. The third kappa shape index (κ3) is 2.60. The molecular weight excluding hydrogens is 274 g/mol. The fourth-order valence-corrected chi connectivity index (χ4v) is 2.05. The molecule has 3 rings (SSSR count).